The number of benzene rings is 3. The van der Waals surface area contributed by atoms with Crippen LogP contribution in [0.5, 0.6) is 0 Å². The van der Waals surface area contributed by atoms with Gasteiger partial charge in [0.1, 0.15) is 24.4 Å². The molecule has 1 aliphatic heterocycles. The van der Waals surface area contributed by atoms with Crippen LogP contribution in [0.1, 0.15) is 16.7 Å². The molecule has 174 valence electrons. The van der Waals surface area contributed by atoms with E-state index >= 15 is 0 Å². The molecule has 0 bridgehead atoms. The highest BCUT2D eigenvalue weighted by Crippen LogP contribution is 2.28. The average Bonchev–Trinajstić information content (AvgIpc) is 3.15. The average molecular weight is 451 g/mol. The number of aliphatic hydroxyl groups is 2. The first-order valence-corrected chi connectivity index (χ1v) is 11.1. The van der Waals surface area contributed by atoms with Crippen LogP contribution in [0.15, 0.2) is 91.0 Å². The number of ether oxygens (including phenoxy) is 4. The van der Waals surface area contributed by atoms with Gasteiger partial charge in [-0.1, -0.05) is 91.0 Å². The molecular weight excluding hydrogens is 420 g/mol. The van der Waals surface area contributed by atoms with E-state index in [2.05, 4.69) is 0 Å². The maximum atomic E-state index is 10.5. The van der Waals surface area contributed by atoms with Crippen molar-refractivity contribution in [2.24, 2.45) is 0 Å². The Morgan fingerprint density at radius 1 is 0.697 bits per heavy atom. The van der Waals surface area contributed by atoms with Crippen molar-refractivity contribution >= 4 is 0 Å². The van der Waals surface area contributed by atoms with Gasteiger partial charge in [0.15, 0.2) is 6.29 Å². The second-order valence-corrected chi connectivity index (χ2v) is 8.08. The van der Waals surface area contributed by atoms with Gasteiger partial charge in [-0.2, -0.15) is 0 Å². The minimum absolute atomic E-state index is 0.219. The lowest BCUT2D eigenvalue weighted by molar-refractivity contribution is -0.170. The summed E-state index contributed by atoms with van der Waals surface area (Å²) in [6.07, 6.45) is -4.55. The normalized spacial score (nSPS) is 23.5. The largest absolute Gasteiger partial charge is 0.385 e. The molecule has 5 atom stereocenters. The zero-order valence-corrected chi connectivity index (χ0v) is 18.4. The van der Waals surface area contributed by atoms with E-state index in [4.69, 9.17) is 18.9 Å². The van der Waals surface area contributed by atoms with Crippen LogP contribution < -0.4 is 0 Å². The Balaban J connectivity index is 1.44. The molecule has 2 N–H and O–H groups in total. The van der Waals surface area contributed by atoms with E-state index < -0.39 is 30.7 Å². The van der Waals surface area contributed by atoms with E-state index in [1.54, 1.807) is 0 Å². The molecule has 0 aliphatic carbocycles. The lowest BCUT2D eigenvalue weighted by atomic mass is 10.1. The number of hydrogen-bond donors (Lipinski definition) is 2. The summed E-state index contributed by atoms with van der Waals surface area (Å²) in [7, 11) is 0. The van der Waals surface area contributed by atoms with Crippen LogP contribution in [-0.2, 0) is 38.8 Å². The van der Waals surface area contributed by atoms with Crippen molar-refractivity contribution in [2.75, 3.05) is 6.61 Å². The number of hydrogen-bond acceptors (Lipinski definition) is 6. The second-order valence-electron chi connectivity index (χ2n) is 8.08. The maximum Gasteiger partial charge on any atom is 0.184 e. The third-order valence-electron chi connectivity index (χ3n) is 5.60. The third-order valence-corrected chi connectivity index (χ3v) is 5.60. The molecule has 0 radical (unpaired) electrons. The third kappa shape index (κ3) is 6.71. The molecular formula is C27H30O6. The van der Waals surface area contributed by atoms with Crippen molar-refractivity contribution in [3.63, 3.8) is 0 Å². The van der Waals surface area contributed by atoms with Crippen LogP contribution in [0.2, 0.25) is 0 Å². The molecule has 1 saturated heterocycles. The van der Waals surface area contributed by atoms with Gasteiger partial charge in [0.05, 0.1) is 26.4 Å². The fourth-order valence-electron chi connectivity index (χ4n) is 3.82. The quantitative estimate of drug-likeness (QED) is 0.466. The molecule has 1 heterocycles. The molecule has 0 amide bonds. The van der Waals surface area contributed by atoms with Crippen molar-refractivity contribution in [1.82, 2.24) is 0 Å². The molecule has 2 unspecified atom stereocenters. The highest BCUT2D eigenvalue weighted by Gasteiger charge is 2.48. The smallest absolute Gasteiger partial charge is 0.184 e. The molecule has 0 aromatic heterocycles. The second kappa shape index (κ2) is 12.0. The standard InChI is InChI=1S/C27H30O6/c28-24-26(32-18-22-14-8-3-9-15-22)25(33-27(24)29)23(31-17-21-12-6-2-7-13-21)19-30-16-20-10-4-1-5-11-20/h1-15,23-29H,16-19H2/t23?,24?,25-,26+,27-/m1/s1. The molecule has 6 heteroatoms. The van der Waals surface area contributed by atoms with Gasteiger partial charge < -0.3 is 29.2 Å². The summed E-state index contributed by atoms with van der Waals surface area (Å²) in [6.45, 7) is 1.26. The van der Waals surface area contributed by atoms with Gasteiger partial charge in [-0.3, -0.25) is 0 Å². The molecule has 0 saturated carbocycles. The van der Waals surface area contributed by atoms with Crippen molar-refractivity contribution in [3.05, 3.63) is 108 Å². The number of rotatable bonds is 11. The van der Waals surface area contributed by atoms with Gasteiger partial charge in [0, 0.05) is 0 Å². The molecule has 33 heavy (non-hydrogen) atoms. The molecule has 6 nitrogen and oxygen atoms in total. The van der Waals surface area contributed by atoms with Crippen LogP contribution in [0.3, 0.4) is 0 Å². The van der Waals surface area contributed by atoms with Crippen LogP contribution in [0.25, 0.3) is 0 Å². The first kappa shape index (κ1) is 23.6. The van der Waals surface area contributed by atoms with Gasteiger partial charge in [-0.25, -0.2) is 0 Å². The first-order valence-electron chi connectivity index (χ1n) is 11.1. The first-order chi connectivity index (χ1) is 16.2. The SMILES string of the molecule is OC1[C@H](O)O[C@H](C(COCc2ccccc2)OCc2ccccc2)[C@H]1OCc1ccccc1. The van der Waals surface area contributed by atoms with E-state index in [-0.39, 0.29) is 13.2 Å². The van der Waals surface area contributed by atoms with Crippen molar-refractivity contribution in [1.29, 1.82) is 0 Å². The fourth-order valence-corrected chi connectivity index (χ4v) is 3.82. The van der Waals surface area contributed by atoms with E-state index in [9.17, 15) is 10.2 Å². The Labute approximate surface area is 194 Å². The Morgan fingerprint density at radius 2 is 1.21 bits per heavy atom. The topological polar surface area (TPSA) is 77.4 Å². The number of aliphatic hydroxyl groups excluding tert-OH is 2. The van der Waals surface area contributed by atoms with Gasteiger partial charge in [-0.05, 0) is 16.7 Å². The van der Waals surface area contributed by atoms with Crippen LogP contribution >= 0.6 is 0 Å². The zero-order chi connectivity index (χ0) is 22.9. The summed E-state index contributed by atoms with van der Waals surface area (Å²) in [5.74, 6) is 0. The minimum atomic E-state index is -1.35. The van der Waals surface area contributed by atoms with Crippen molar-refractivity contribution < 1.29 is 29.2 Å². The molecule has 4 rings (SSSR count). The maximum absolute atomic E-state index is 10.5. The lowest BCUT2D eigenvalue weighted by Gasteiger charge is -2.28. The van der Waals surface area contributed by atoms with E-state index in [1.807, 2.05) is 91.0 Å². The van der Waals surface area contributed by atoms with Crippen LogP contribution in [0.4, 0.5) is 0 Å². The summed E-state index contributed by atoms with van der Waals surface area (Å²) in [5.41, 5.74) is 3.02. The summed E-state index contributed by atoms with van der Waals surface area (Å²) < 4.78 is 23.8. The fraction of sp³-hybridized carbons (Fsp3) is 0.333. The highest BCUT2D eigenvalue weighted by molar-refractivity contribution is 5.15. The van der Waals surface area contributed by atoms with Gasteiger partial charge >= 0.3 is 0 Å². The molecule has 0 spiro atoms. The van der Waals surface area contributed by atoms with Crippen LogP contribution in [0, 0.1) is 0 Å². The Bertz CT molecular complexity index is 937. The zero-order valence-electron chi connectivity index (χ0n) is 18.4. The van der Waals surface area contributed by atoms with Crippen LogP contribution in [-0.4, -0.2) is 47.5 Å². The predicted octanol–water partition coefficient (Wildman–Crippen LogP) is 3.45. The van der Waals surface area contributed by atoms with E-state index in [1.165, 1.54) is 0 Å². The monoisotopic (exact) mass is 450 g/mol. The molecule has 1 fully saturated rings. The van der Waals surface area contributed by atoms with Crippen molar-refractivity contribution in [2.45, 2.75) is 50.5 Å². The minimum Gasteiger partial charge on any atom is -0.385 e. The molecule has 3 aromatic carbocycles. The highest BCUT2D eigenvalue weighted by atomic mass is 16.7. The Kier molecular flexibility index (Phi) is 8.60. The summed E-state index contributed by atoms with van der Waals surface area (Å²) in [6, 6.07) is 29.3. The van der Waals surface area contributed by atoms with E-state index in [0.717, 1.165) is 16.7 Å². The predicted molar refractivity (Wildman–Crippen MR) is 123 cm³/mol. The summed E-state index contributed by atoms with van der Waals surface area (Å²) in [5, 5.41) is 20.8. The lowest BCUT2D eigenvalue weighted by Crippen LogP contribution is -2.44. The van der Waals surface area contributed by atoms with E-state index in [0.29, 0.717) is 13.2 Å². The van der Waals surface area contributed by atoms with Gasteiger partial charge in [-0.15, -0.1) is 0 Å². The summed E-state index contributed by atoms with van der Waals surface area (Å²) >= 11 is 0. The molecule has 3 aromatic rings. The van der Waals surface area contributed by atoms with Crippen molar-refractivity contribution in [3.8, 4) is 0 Å². The van der Waals surface area contributed by atoms with Gasteiger partial charge in [0.2, 0.25) is 0 Å². The Morgan fingerprint density at radius 3 is 1.79 bits per heavy atom. The summed E-state index contributed by atoms with van der Waals surface area (Å²) in [4.78, 5) is 0. The Hall–Kier alpha value is -2.58. The molecule has 1 aliphatic rings. The van der Waals surface area contributed by atoms with Gasteiger partial charge in [0.25, 0.3) is 0 Å².